The summed E-state index contributed by atoms with van der Waals surface area (Å²) >= 11 is 0. The van der Waals surface area contributed by atoms with Gasteiger partial charge in [0.1, 0.15) is 0 Å². The summed E-state index contributed by atoms with van der Waals surface area (Å²) in [5.74, 6) is -0.781. The molecule has 2 aromatic carbocycles. The summed E-state index contributed by atoms with van der Waals surface area (Å²) in [6.07, 6.45) is 1.40. The molecule has 0 fully saturated rings. The van der Waals surface area contributed by atoms with Crippen LogP contribution in [0.25, 0.3) is 0 Å². The van der Waals surface area contributed by atoms with Gasteiger partial charge in [-0.25, -0.2) is 8.42 Å². The summed E-state index contributed by atoms with van der Waals surface area (Å²) in [5, 5.41) is 2.76. The zero-order valence-electron chi connectivity index (χ0n) is 15.3. The zero-order valence-corrected chi connectivity index (χ0v) is 16.1. The fourth-order valence-corrected chi connectivity index (χ4v) is 4.76. The van der Waals surface area contributed by atoms with Crippen molar-refractivity contribution in [3.05, 3.63) is 59.2 Å². The number of nitrogens with two attached hydrogens (primary N) is 1. The largest absolute Gasteiger partial charge is 0.350 e. The van der Waals surface area contributed by atoms with Gasteiger partial charge in [0.25, 0.3) is 5.91 Å². The average molecular weight is 386 g/mol. The van der Waals surface area contributed by atoms with Crippen molar-refractivity contribution in [1.29, 1.82) is 0 Å². The molecule has 1 aliphatic rings. The molecular formula is C20H22N2O4S. The number of nitrogens with one attached hydrogen (secondary N) is 1. The second-order valence-corrected chi connectivity index (χ2v) is 8.68. The van der Waals surface area contributed by atoms with Crippen LogP contribution in [0.4, 0.5) is 0 Å². The first-order chi connectivity index (χ1) is 12.7. The van der Waals surface area contributed by atoms with Gasteiger partial charge in [0.2, 0.25) is 9.84 Å². The Labute approximate surface area is 158 Å². The molecular weight excluding hydrogens is 364 g/mol. The Hall–Kier alpha value is -2.51. The summed E-state index contributed by atoms with van der Waals surface area (Å²) in [6.45, 7) is 4.18. The minimum atomic E-state index is -3.87. The second kappa shape index (κ2) is 6.90. The van der Waals surface area contributed by atoms with Crippen molar-refractivity contribution < 1.29 is 18.0 Å². The van der Waals surface area contributed by atoms with E-state index in [9.17, 15) is 18.0 Å². The van der Waals surface area contributed by atoms with Crippen LogP contribution in [0.15, 0.2) is 52.3 Å². The van der Waals surface area contributed by atoms with Gasteiger partial charge in [-0.2, -0.15) is 0 Å². The first kappa shape index (κ1) is 19.3. The molecule has 2 aromatic rings. The van der Waals surface area contributed by atoms with Gasteiger partial charge in [0, 0.05) is 28.8 Å². The standard InChI is InChI=1S/C20H22N2O4S/c1-3-20(21,4-2)12-22-19(24)13-9-10-15-17(11-13)27(25,26)16-8-6-5-7-14(16)18(15)23/h5-11H,3-4,12,21H2,1-2H3,(H,22,24). The van der Waals surface area contributed by atoms with Crippen LogP contribution in [-0.4, -0.2) is 32.2 Å². The molecule has 0 aliphatic carbocycles. The van der Waals surface area contributed by atoms with E-state index in [0.29, 0.717) is 12.8 Å². The lowest BCUT2D eigenvalue weighted by molar-refractivity contribution is 0.0940. The zero-order chi connectivity index (χ0) is 19.8. The smallest absolute Gasteiger partial charge is 0.251 e. The summed E-state index contributed by atoms with van der Waals surface area (Å²) in [5.41, 5.74) is 6.10. The van der Waals surface area contributed by atoms with Gasteiger partial charge in [-0.1, -0.05) is 26.0 Å². The lowest BCUT2D eigenvalue weighted by Gasteiger charge is -2.27. The Morgan fingerprint density at radius 2 is 1.67 bits per heavy atom. The van der Waals surface area contributed by atoms with Crippen LogP contribution >= 0.6 is 0 Å². The Balaban J connectivity index is 1.97. The van der Waals surface area contributed by atoms with Crippen LogP contribution in [0.2, 0.25) is 0 Å². The molecule has 3 rings (SSSR count). The molecule has 0 spiro atoms. The van der Waals surface area contributed by atoms with Gasteiger partial charge < -0.3 is 11.1 Å². The SMILES string of the molecule is CCC(N)(CC)CNC(=O)c1ccc2c(c1)S(=O)(=O)c1ccccc1C2=O. The van der Waals surface area contributed by atoms with E-state index in [4.69, 9.17) is 5.73 Å². The van der Waals surface area contributed by atoms with Gasteiger partial charge in [0.05, 0.1) is 9.79 Å². The fraction of sp³-hybridized carbons (Fsp3) is 0.300. The van der Waals surface area contributed by atoms with Crippen LogP contribution in [0.5, 0.6) is 0 Å². The number of hydrogen-bond donors (Lipinski definition) is 2. The fourth-order valence-electron chi connectivity index (χ4n) is 3.08. The highest BCUT2D eigenvalue weighted by Gasteiger charge is 2.35. The Morgan fingerprint density at radius 3 is 2.33 bits per heavy atom. The van der Waals surface area contributed by atoms with E-state index in [-0.39, 0.29) is 38.8 Å². The van der Waals surface area contributed by atoms with Crippen LogP contribution in [0.3, 0.4) is 0 Å². The predicted molar refractivity (Wildman–Crippen MR) is 102 cm³/mol. The van der Waals surface area contributed by atoms with Crippen molar-refractivity contribution in [2.45, 2.75) is 42.0 Å². The highest BCUT2D eigenvalue weighted by Crippen LogP contribution is 2.34. The van der Waals surface area contributed by atoms with E-state index in [1.165, 1.54) is 30.3 Å². The Kier molecular flexibility index (Phi) is 4.92. The maximum absolute atomic E-state index is 12.9. The highest BCUT2D eigenvalue weighted by molar-refractivity contribution is 7.91. The third-order valence-corrected chi connectivity index (χ3v) is 7.06. The third kappa shape index (κ3) is 3.28. The number of carbonyl (C=O) groups excluding carboxylic acids is 2. The number of hydrogen-bond acceptors (Lipinski definition) is 5. The molecule has 1 aliphatic heterocycles. The molecule has 142 valence electrons. The molecule has 27 heavy (non-hydrogen) atoms. The van der Waals surface area contributed by atoms with Crippen molar-refractivity contribution in [2.75, 3.05) is 6.54 Å². The summed E-state index contributed by atoms with van der Waals surface area (Å²) in [7, 11) is -3.87. The summed E-state index contributed by atoms with van der Waals surface area (Å²) in [6, 6.07) is 10.2. The van der Waals surface area contributed by atoms with E-state index in [1.807, 2.05) is 13.8 Å². The monoisotopic (exact) mass is 386 g/mol. The first-order valence-electron chi connectivity index (χ1n) is 8.83. The van der Waals surface area contributed by atoms with Crippen LogP contribution in [-0.2, 0) is 9.84 Å². The minimum absolute atomic E-state index is 0.0296. The van der Waals surface area contributed by atoms with Gasteiger partial charge >= 0.3 is 0 Å². The van der Waals surface area contributed by atoms with E-state index in [1.54, 1.807) is 12.1 Å². The van der Waals surface area contributed by atoms with Gasteiger partial charge in [-0.05, 0) is 43.2 Å². The number of fused-ring (bicyclic) bond motifs is 2. The third-order valence-electron chi connectivity index (χ3n) is 5.21. The number of rotatable bonds is 5. The number of sulfone groups is 1. The molecule has 0 saturated carbocycles. The molecule has 3 N–H and O–H groups in total. The van der Waals surface area contributed by atoms with E-state index in [0.717, 1.165) is 0 Å². The minimum Gasteiger partial charge on any atom is -0.350 e. The second-order valence-electron chi connectivity index (χ2n) is 6.79. The molecule has 1 heterocycles. The van der Waals surface area contributed by atoms with Crippen LogP contribution in [0.1, 0.15) is 53.0 Å². The molecule has 0 unspecified atom stereocenters. The number of ketones is 1. The number of amides is 1. The molecule has 6 nitrogen and oxygen atoms in total. The number of carbonyl (C=O) groups is 2. The maximum Gasteiger partial charge on any atom is 0.251 e. The maximum atomic E-state index is 12.9. The Morgan fingerprint density at radius 1 is 1.04 bits per heavy atom. The highest BCUT2D eigenvalue weighted by atomic mass is 32.2. The molecule has 1 amide bonds. The summed E-state index contributed by atoms with van der Waals surface area (Å²) in [4.78, 5) is 25.0. The van der Waals surface area contributed by atoms with Crippen molar-refractivity contribution in [1.82, 2.24) is 5.32 Å². The average Bonchev–Trinajstić information content (AvgIpc) is 2.70. The van der Waals surface area contributed by atoms with E-state index >= 15 is 0 Å². The predicted octanol–water partition coefficient (Wildman–Crippen LogP) is 2.31. The van der Waals surface area contributed by atoms with Gasteiger partial charge in [-0.15, -0.1) is 0 Å². The summed E-state index contributed by atoms with van der Waals surface area (Å²) < 4.78 is 25.8. The quantitative estimate of drug-likeness (QED) is 0.700. The molecule has 0 aromatic heterocycles. The van der Waals surface area contributed by atoms with Gasteiger partial charge in [0.15, 0.2) is 5.78 Å². The normalized spacial score (nSPS) is 15.0. The van der Waals surface area contributed by atoms with E-state index in [2.05, 4.69) is 5.32 Å². The Bertz CT molecular complexity index is 1020. The van der Waals surface area contributed by atoms with E-state index < -0.39 is 21.3 Å². The van der Waals surface area contributed by atoms with Crippen molar-refractivity contribution in [2.24, 2.45) is 5.73 Å². The lowest BCUT2D eigenvalue weighted by Crippen LogP contribution is -2.49. The molecule has 7 heteroatoms. The van der Waals surface area contributed by atoms with Crippen LogP contribution in [0, 0.1) is 0 Å². The molecule has 0 atom stereocenters. The van der Waals surface area contributed by atoms with Crippen molar-refractivity contribution in [3.8, 4) is 0 Å². The van der Waals surface area contributed by atoms with Gasteiger partial charge in [-0.3, -0.25) is 9.59 Å². The van der Waals surface area contributed by atoms with Crippen molar-refractivity contribution >= 4 is 21.5 Å². The molecule has 0 bridgehead atoms. The molecule has 0 radical (unpaired) electrons. The lowest BCUT2D eigenvalue weighted by atomic mass is 9.94. The van der Waals surface area contributed by atoms with Crippen molar-refractivity contribution in [3.63, 3.8) is 0 Å². The topological polar surface area (TPSA) is 106 Å². The first-order valence-corrected chi connectivity index (χ1v) is 10.3. The van der Waals surface area contributed by atoms with Crippen LogP contribution < -0.4 is 11.1 Å². The number of benzene rings is 2. The molecule has 0 saturated heterocycles.